The van der Waals surface area contributed by atoms with Crippen molar-refractivity contribution in [1.29, 1.82) is 0 Å². The number of rotatable bonds is 2. The van der Waals surface area contributed by atoms with E-state index in [9.17, 15) is 0 Å². The van der Waals surface area contributed by atoms with Crippen LogP contribution in [0.15, 0.2) is 12.7 Å². The molecule has 0 aromatic rings. The Labute approximate surface area is 54.1 Å². The SMILES string of the molecule is C=CCC1CCOOO1. The molecule has 1 heterocycles. The quantitative estimate of drug-likeness (QED) is 0.415. The van der Waals surface area contributed by atoms with Crippen LogP contribution < -0.4 is 0 Å². The first-order valence-corrected chi connectivity index (χ1v) is 2.99. The highest BCUT2D eigenvalue weighted by molar-refractivity contribution is 4.72. The smallest absolute Gasteiger partial charge is 0.102 e. The van der Waals surface area contributed by atoms with Crippen LogP contribution in [0.3, 0.4) is 0 Å². The van der Waals surface area contributed by atoms with Crippen LogP contribution in [0.5, 0.6) is 0 Å². The summed E-state index contributed by atoms with van der Waals surface area (Å²) in [4.78, 5) is 9.21. The first-order valence-electron chi connectivity index (χ1n) is 2.99. The topological polar surface area (TPSA) is 27.7 Å². The van der Waals surface area contributed by atoms with Crippen molar-refractivity contribution in [2.24, 2.45) is 0 Å². The predicted molar refractivity (Wildman–Crippen MR) is 31.3 cm³/mol. The second kappa shape index (κ2) is 3.61. The molecule has 0 bridgehead atoms. The number of hydrogen-bond donors (Lipinski definition) is 0. The molecule has 52 valence electrons. The van der Waals surface area contributed by atoms with Gasteiger partial charge in [-0.15, -0.1) is 6.58 Å². The van der Waals surface area contributed by atoms with Crippen molar-refractivity contribution in [2.45, 2.75) is 18.9 Å². The summed E-state index contributed by atoms with van der Waals surface area (Å²) in [6.07, 6.45) is 3.64. The first-order chi connectivity index (χ1) is 4.43. The Morgan fingerprint density at radius 3 is 3.11 bits per heavy atom. The number of hydrogen-bond acceptors (Lipinski definition) is 3. The van der Waals surface area contributed by atoms with E-state index >= 15 is 0 Å². The Morgan fingerprint density at radius 2 is 2.56 bits per heavy atom. The van der Waals surface area contributed by atoms with Crippen molar-refractivity contribution in [2.75, 3.05) is 6.61 Å². The average molecular weight is 130 g/mol. The van der Waals surface area contributed by atoms with Crippen molar-refractivity contribution >= 4 is 0 Å². The van der Waals surface area contributed by atoms with Gasteiger partial charge in [0.25, 0.3) is 0 Å². The van der Waals surface area contributed by atoms with Crippen LogP contribution in [0.1, 0.15) is 12.8 Å². The van der Waals surface area contributed by atoms with Crippen LogP contribution in [0.4, 0.5) is 0 Å². The van der Waals surface area contributed by atoms with Gasteiger partial charge in [-0.25, -0.2) is 9.78 Å². The van der Waals surface area contributed by atoms with Gasteiger partial charge in [0, 0.05) is 6.42 Å². The molecular weight excluding hydrogens is 120 g/mol. The molecule has 0 spiro atoms. The van der Waals surface area contributed by atoms with E-state index < -0.39 is 0 Å². The van der Waals surface area contributed by atoms with Gasteiger partial charge in [0.05, 0.1) is 6.61 Å². The molecule has 0 saturated carbocycles. The Balaban J connectivity index is 2.15. The maximum atomic E-state index is 4.72. The third kappa shape index (κ3) is 2.13. The minimum atomic E-state index is 0.135. The van der Waals surface area contributed by atoms with Gasteiger partial charge in [0.15, 0.2) is 0 Å². The van der Waals surface area contributed by atoms with Gasteiger partial charge in [0.1, 0.15) is 6.10 Å². The summed E-state index contributed by atoms with van der Waals surface area (Å²) in [6, 6.07) is 0. The molecule has 0 aromatic heterocycles. The molecule has 1 atom stereocenters. The molecule has 9 heavy (non-hydrogen) atoms. The maximum Gasteiger partial charge on any atom is 0.102 e. The summed E-state index contributed by atoms with van der Waals surface area (Å²) >= 11 is 0. The summed E-state index contributed by atoms with van der Waals surface area (Å²) in [7, 11) is 0. The third-order valence-corrected chi connectivity index (χ3v) is 1.18. The highest BCUT2D eigenvalue weighted by atomic mass is 17.5. The third-order valence-electron chi connectivity index (χ3n) is 1.18. The van der Waals surface area contributed by atoms with Gasteiger partial charge < -0.3 is 0 Å². The van der Waals surface area contributed by atoms with Crippen molar-refractivity contribution in [3.63, 3.8) is 0 Å². The van der Waals surface area contributed by atoms with E-state index in [1.807, 2.05) is 0 Å². The predicted octanol–water partition coefficient (Wildman–Crippen LogP) is 1.21. The molecular formula is C6H10O3. The van der Waals surface area contributed by atoms with E-state index in [4.69, 9.17) is 4.89 Å². The van der Waals surface area contributed by atoms with Gasteiger partial charge in [-0.05, 0) is 6.42 Å². The maximum absolute atomic E-state index is 4.72. The zero-order valence-electron chi connectivity index (χ0n) is 5.21. The molecule has 0 radical (unpaired) electrons. The minimum absolute atomic E-state index is 0.135. The van der Waals surface area contributed by atoms with Crippen molar-refractivity contribution < 1.29 is 14.8 Å². The average Bonchev–Trinajstić information content (AvgIpc) is 1.91. The Morgan fingerprint density at radius 1 is 1.67 bits per heavy atom. The molecule has 1 fully saturated rings. The van der Waals surface area contributed by atoms with Gasteiger partial charge in [-0.2, -0.15) is 0 Å². The highest BCUT2D eigenvalue weighted by Gasteiger charge is 2.13. The van der Waals surface area contributed by atoms with Crippen molar-refractivity contribution in [3.8, 4) is 0 Å². The minimum Gasteiger partial charge on any atom is -0.206 e. The van der Waals surface area contributed by atoms with E-state index in [-0.39, 0.29) is 6.10 Å². The molecule has 3 heteroatoms. The second-order valence-electron chi connectivity index (χ2n) is 1.92. The highest BCUT2D eigenvalue weighted by Crippen LogP contribution is 2.10. The lowest BCUT2D eigenvalue weighted by atomic mass is 10.2. The summed E-state index contributed by atoms with van der Waals surface area (Å²) in [5, 5.41) is 4.29. The molecule has 0 N–H and O–H groups in total. The summed E-state index contributed by atoms with van der Waals surface area (Å²) in [5.41, 5.74) is 0. The monoisotopic (exact) mass is 130 g/mol. The molecule has 1 aliphatic heterocycles. The van der Waals surface area contributed by atoms with Crippen LogP contribution >= 0.6 is 0 Å². The van der Waals surface area contributed by atoms with Gasteiger partial charge in [-0.1, -0.05) is 11.1 Å². The van der Waals surface area contributed by atoms with E-state index in [1.165, 1.54) is 0 Å². The van der Waals surface area contributed by atoms with E-state index in [0.717, 1.165) is 12.8 Å². The zero-order valence-corrected chi connectivity index (χ0v) is 5.21. The molecule has 1 saturated heterocycles. The van der Waals surface area contributed by atoms with Crippen LogP contribution in [-0.2, 0) is 14.8 Å². The molecule has 0 aromatic carbocycles. The van der Waals surface area contributed by atoms with Crippen molar-refractivity contribution in [1.82, 2.24) is 0 Å². The fraction of sp³-hybridized carbons (Fsp3) is 0.667. The normalized spacial score (nSPS) is 27.8. The van der Waals surface area contributed by atoms with Crippen LogP contribution in [0.2, 0.25) is 0 Å². The van der Waals surface area contributed by atoms with Crippen LogP contribution in [0.25, 0.3) is 0 Å². The lowest BCUT2D eigenvalue weighted by Gasteiger charge is -2.17. The van der Waals surface area contributed by atoms with E-state index in [1.54, 1.807) is 6.08 Å². The summed E-state index contributed by atoms with van der Waals surface area (Å²) in [6.45, 7) is 4.19. The molecule has 0 amide bonds. The lowest BCUT2D eigenvalue weighted by Crippen LogP contribution is -2.21. The van der Waals surface area contributed by atoms with Crippen molar-refractivity contribution in [3.05, 3.63) is 12.7 Å². The molecule has 1 unspecified atom stereocenters. The molecule has 0 aliphatic carbocycles. The zero-order chi connectivity index (χ0) is 6.53. The van der Waals surface area contributed by atoms with Gasteiger partial charge in [0.2, 0.25) is 0 Å². The molecule has 1 aliphatic rings. The Kier molecular flexibility index (Phi) is 2.70. The molecule has 1 rings (SSSR count). The van der Waals surface area contributed by atoms with Gasteiger partial charge in [-0.3, -0.25) is 0 Å². The standard InChI is InChI=1S/C6H10O3/c1-2-3-6-4-5-7-9-8-6/h2,6H,1,3-5H2. The summed E-state index contributed by atoms with van der Waals surface area (Å²) in [5.74, 6) is 0. The van der Waals surface area contributed by atoms with Crippen LogP contribution in [-0.4, -0.2) is 12.7 Å². The Bertz CT molecular complexity index is 86.3. The second-order valence-corrected chi connectivity index (χ2v) is 1.92. The largest absolute Gasteiger partial charge is 0.206 e. The van der Waals surface area contributed by atoms with E-state index in [2.05, 4.69) is 16.5 Å². The summed E-state index contributed by atoms with van der Waals surface area (Å²) < 4.78 is 0. The Hall–Kier alpha value is -0.380. The van der Waals surface area contributed by atoms with Crippen LogP contribution in [0, 0.1) is 0 Å². The van der Waals surface area contributed by atoms with Gasteiger partial charge >= 0.3 is 0 Å². The van der Waals surface area contributed by atoms with E-state index in [0.29, 0.717) is 6.61 Å². The fourth-order valence-electron chi connectivity index (χ4n) is 0.688. The molecule has 3 nitrogen and oxygen atoms in total. The fourth-order valence-corrected chi connectivity index (χ4v) is 0.688. The lowest BCUT2D eigenvalue weighted by molar-refractivity contribution is -0.548. The first kappa shape index (κ1) is 6.74.